The first-order valence-corrected chi connectivity index (χ1v) is 37.3. The standard InChI is InChI=1S/C74H101N3.C15H22.2C2H6/c1-24-32-64(74(21,22)23)54(11)76(67-42-39-58(72(15,16)17)45-63(67)55-33-28-27-29-34-55)53(10)51(8)65(26-3)75-66-46-59(73(18,19)20)47-69(52(66)9)77(68(48(4)5)44-50(7)71(12,13)14)60-40-37-56(38-41-60)61(25-2)70-49(6)43-57-35-30-31-36-62(57)70;1-5-15(10-11-15)13-9-7-6-8-12(13)14(2,3)4;2*1-2/h25-29,31-34,36-42,45-47,50,53-54,75H,3,24,30,35,43-44H2,1-2,4-23H3;6-9H,5,10-11H2,1-4H3;2*1-2H3/b61-25-,64-32+,65-51+;;;. The maximum atomic E-state index is 4.56. The molecule has 1 saturated carbocycles. The van der Waals surface area contributed by atoms with E-state index in [1.807, 2.05) is 27.7 Å². The molecular weight excluding hydrogens is 1160 g/mol. The highest BCUT2D eigenvalue weighted by atomic mass is 15.2. The fraction of sp³-hybridized carbons (Fsp3) is 0.505. The zero-order valence-electron chi connectivity index (χ0n) is 66.8. The smallest absolute Gasteiger partial charge is 0.0511 e. The highest BCUT2D eigenvalue weighted by molar-refractivity contribution is 5.89. The van der Waals surface area contributed by atoms with Gasteiger partial charge in [0.25, 0.3) is 0 Å². The Morgan fingerprint density at radius 2 is 1.27 bits per heavy atom. The zero-order chi connectivity index (χ0) is 72.2. The van der Waals surface area contributed by atoms with E-state index in [9.17, 15) is 0 Å². The molecule has 3 nitrogen and oxygen atoms in total. The van der Waals surface area contributed by atoms with Crippen molar-refractivity contribution in [2.75, 3.05) is 15.1 Å². The second-order valence-electron chi connectivity index (χ2n) is 33.0. The van der Waals surface area contributed by atoms with Crippen molar-refractivity contribution in [3.8, 4) is 11.1 Å². The molecule has 0 spiro atoms. The van der Waals surface area contributed by atoms with Crippen LogP contribution in [0.1, 0.15) is 286 Å². The molecule has 522 valence electrons. The number of allylic oxidation sites excluding steroid dienone is 12. The van der Waals surface area contributed by atoms with E-state index in [1.54, 1.807) is 16.7 Å². The summed E-state index contributed by atoms with van der Waals surface area (Å²) in [6.45, 7) is 73.4. The fourth-order valence-electron chi connectivity index (χ4n) is 14.2. The molecule has 0 saturated heterocycles. The molecule has 3 atom stereocenters. The van der Waals surface area contributed by atoms with E-state index in [1.165, 1.54) is 114 Å². The van der Waals surface area contributed by atoms with Gasteiger partial charge in [-0.1, -0.05) is 273 Å². The van der Waals surface area contributed by atoms with Crippen LogP contribution in [0.2, 0.25) is 0 Å². The topological polar surface area (TPSA) is 18.5 Å². The van der Waals surface area contributed by atoms with Gasteiger partial charge in [0.05, 0.1) is 11.7 Å². The Labute approximate surface area is 590 Å². The van der Waals surface area contributed by atoms with Gasteiger partial charge in [0, 0.05) is 40.1 Å². The Morgan fingerprint density at radius 1 is 0.677 bits per heavy atom. The predicted octanol–water partition coefficient (Wildman–Crippen LogP) is 28.5. The van der Waals surface area contributed by atoms with Crippen molar-refractivity contribution in [3.63, 3.8) is 0 Å². The average Bonchev–Trinajstić information content (AvgIpc) is 1.28. The lowest BCUT2D eigenvalue weighted by atomic mass is 9.78. The van der Waals surface area contributed by atoms with Crippen molar-refractivity contribution in [3.05, 3.63) is 230 Å². The van der Waals surface area contributed by atoms with Crippen molar-refractivity contribution >= 4 is 28.3 Å². The first-order valence-electron chi connectivity index (χ1n) is 37.3. The van der Waals surface area contributed by atoms with Crippen molar-refractivity contribution < 1.29 is 0 Å². The van der Waals surface area contributed by atoms with Crippen LogP contribution in [0.5, 0.6) is 0 Å². The summed E-state index contributed by atoms with van der Waals surface area (Å²) >= 11 is 0. The minimum Gasteiger partial charge on any atom is -0.358 e. The van der Waals surface area contributed by atoms with E-state index in [0.717, 1.165) is 43.5 Å². The molecule has 5 aromatic rings. The second-order valence-corrected chi connectivity index (χ2v) is 33.0. The van der Waals surface area contributed by atoms with Crippen LogP contribution in [0.3, 0.4) is 0 Å². The minimum absolute atomic E-state index is 0.00930. The quantitative estimate of drug-likeness (QED) is 0.0657. The Bertz CT molecular complexity index is 3640. The molecule has 0 aromatic heterocycles. The average molecular weight is 1300 g/mol. The van der Waals surface area contributed by atoms with Gasteiger partial charge in [-0.2, -0.15) is 0 Å². The first kappa shape index (κ1) is 80.1. The van der Waals surface area contributed by atoms with Crippen molar-refractivity contribution in [2.45, 2.75) is 293 Å². The number of benzene rings is 5. The lowest BCUT2D eigenvalue weighted by molar-refractivity contribution is 0.258. The molecule has 0 radical (unpaired) electrons. The Hall–Kier alpha value is -6.58. The monoisotopic (exact) mass is 1290 g/mol. The summed E-state index contributed by atoms with van der Waals surface area (Å²) in [6, 6.07) is 41.7. The number of anilines is 4. The Balaban J connectivity index is 0.000000756. The lowest BCUT2D eigenvalue weighted by Crippen LogP contribution is -2.45. The molecule has 5 aromatic carbocycles. The van der Waals surface area contributed by atoms with Crippen LogP contribution < -0.4 is 15.1 Å². The third kappa shape index (κ3) is 19.0. The van der Waals surface area contributed by atoms with Crippen LogP contribution in [0.25, 0.3) is 16.7 Å². The van der Waals surface area contributed by atoms with Crippen LogP contribution in [0, 0.1) is 23.7 Å². The summed E-state index contributed by atoms with van der Waals surface area (Å²) in [6.07, 6.45) is 21.0. The fourth-order valence-corrected chi connectivity index (χ4v) is 14.2. The summed E-state index contributed by atoms with van der Waals surface area (Å²) < 4.78 is 0. The normalized spacial score (nSPS) is 16.1. The maximum Gasteiger partial charge on any atom is 0.0511 e. The third-order valence-electron chi connectivity index (χ3n) is 20.9. The molecule has 0 bridgehead atoms. The summed E-state index contributed by atoms with van der Waals surface area (Å²) in [5.74, 6) is 0.429. The molecule has 0 amide bonds. The van der Waals surface area contributed by atoms with Gasteiger partial charge in [0.2, 0.25) is 0 Å². The summed E-state index contributed by atoms with van der Waals surface area (Å²) in [5, 5.41) is 4.12. The molecule has 3 aliphatic carbocycles. The number of hydrogen-bond donors (Lipinski definition) is 1. The van der Waals surface area contributed by atoms with Gasteiger partial charge >= 0.3 is 0 Å². The SMILES string of the molecule is C=C/C(Nc1cc(C(C)(C)C)cc(N(C(CC(C)C(C)(C)C)=C(C)C)c2ccc(/C(=C/C)C3=C(C)CC4=C3C=CCC4)cc2)c1C)=C(/C)C(C)N(c1ccc(C(C)(C)C)cc1-c1ccccc1)C(C)/C(=C\CC)C(C)(C)C.CC.CC.CCC1(c2ccccc2C(C)(C)C)CC1. The number of nitrogens with zero attached hydrogens (tertiary/aromatic N) is 2. The molecular formula is C93H135N3. The van der Waals surface area contributed by atoms with Gasteiger partial charge < -0.3 is 15.1 Å². The van der Waals surface area contributed by atoms with Gasteiger partial charge in [-0.25, -0.2) is 0 Å². The number of nitrogens with one attached hydrogen (secondary N) is 1. The van der Waals surface area contributed by atoms with E-state index in [4.69, 9.17) is 0 Å². The molecule has 96 heavy (non-hydrogen) atoms. The lowest BCUT2D eigenvalue weighted by Gasteiger charge is -2.43. The van der Waals surface area contributed by atoms with Gasteiger partial charge in [0.1, 0.15) is 0 Å². The third-order valence-corrected chi connectivity index (χ3v) is 20.9. The van der Waals surface area contributed by atoms with Crippen LogP contribution in [0.15, 0.2) is 197 Å². The first-order chi connectivity index (χ1) is 44.9. The van der Waals surface area contributed by atoms with Crippen molar-refractivity contribution in [2.24, 2.45) is 16.7 Å². The van der Waals surface area contributed by atoms with E-state index in [2.05, 4.69) is 341 Å². The van der Waals surface area contributed by atoms with Crippen LogP contribution >= 0.6 is 0 Å². The summed E-state index contributed by atoms with van der Waals surface area (Å²) in [7, 11) is 0. The van der Waals surface area contributed by atoms with Gasteiger partial charge in [0.15, 0.2) is 0 Å². The van der Waals surface area contributed by atoms with E-state index in [-0.39, 0.29) is 39.2 Å². The van der Waals surface area contributed by atoms with Gasteiger partial charge in [-0.05, 0) is 254 Å². The van der Waals surface area contributed by atoms with E-state index >= 15 is 0 Å². The summed E-state index contributed by atoms with van der Waals surface area (Å²) in [5.41, 5.74) is 29.8. The predicted molar refractivity (Wildman–Crippen MR) is 432 cm³/mol. The van der Waals surface area contributed by atoms with Gasteiger partial charge in [-0.15, -0.1) is 0 Å². The highest BCUT2D eigenvalue weighted by Gasteiger charge is 2.44. The largest absolute Gasteiger partial charge is 0.358 e. The molecule has 3 unspecified atom stereocenters. The molecule has 3 aliphatic rings. The van der Waals surface area contributed by atoms with Crippen LogP contribution in [-0.4, -0.2) is 12.1 Å². The molecule has 3 heteroatoms. The van der Waals surface area contributed by atoms with Crippen LogP contribution in [0.4, 0.5) is 22.7 Å². The molecule has 8 rings (SSSR count). The molecule has 0 aliphatic heterocycles. The number of hydrogen-bond acceptors (Lipinski definition) is 3. The highest BCUT2D eigenvalue weighted by Crippen LogP contribution is 2.54. The Morgan fingerprint density at radius 3 is 1.78 bits per heavy atom. The van der Waals surface area contributed by atoms with Gasteiger partial charge in [-0.3, -0.25) is 0 Å². The molecule has 1 fully saturated rings. The van der Waals surface area contributed by atoms with Crippen molar-refractivity contribution in [1.29, 1.82) is 0 Å². The van der Waals surface area contributed by atoms with E-state index < -0.39 is 0 Å². The summed E-state index contributed by atoms with van der Waals surface area (Å²) in [4.78, 5) is 5.30. The molecule has 1 N–H and O–H groups in total. The maximum absolute atomic E-state index is 4.56. The second kappa shape index (κ2) is 33.3. The Kier molecular flexibility index (Phi) is 27.8. The van der Waals surface area contributed by atoms with E-state index in [0.29, 0.717) is 11.3 Å². The minimum atomic E-state index is -0.137. The van der Waals surface area contributed by atoms with Crippen LogP contribution in [-0.2, 0) is 21.7 Å². The molecule has 0 heterocycles. The number of rotatable bonds is 19. The zero-order valence-corrected chi connectivity index (χ0v) is 66.8. The van der Waals surface area contributed by atoms with Crippen molar-refractivity contribution in [1.82, 2.24) is 0 Å².